The molecule has 2 aliphatic heterocycles. The van der Waals surface area contributed by atoms with Crippen molar-refractivity contribution in [3.05, 3.63) is 57.9 Å². The van der Waals surface area contributed by atoms with Gasteiger partial charge in [0.25, 0.3) is 0 Å². The van der Waals surface area contributed by atoms with Crippen molar-refractivity contribution in [3.8, 4) is 0 Å². The first-order valence-corrected chi connectivity index (χ1v) is 10.3. The van der Waals surface area contributed by atoms with Crippen LogP contribution in [-0.4, -0.2) is 49.6 Å². The molecule has 2 saturated heterocycles. The quantitative estimate of drug-likeness (QED) is 0.564. The fourth-order valence-electron chi connectivity index (χ4n) is 3.98. The Balaban J connectivity index is 1.44. The van der Waals surface area contributed by atoms with E-state index < -0.39 is 22.3 Å². The minimum absolute atomic E-state index is 0.0259. The second-order valence-electron chi connectivity index (χ2n) is 7.89. The molecule has 1 unspecified atom stereocenters. The lowest BCUT2D eigenvalue weighted by Gasteiger charge is -2.29. The minimum Gasteiger partial charge on any atom is -0.378 e. The molecule has 4 rings (SSSR count). The Morgan fingerprint density at radius 3 is 2.59 bits per heavy atom. The number of aryl methyl sites for hydroxylation is 1. The molecule has 1 atom stereocenters. The molecule has 0 aromatic heterocycles. The van der Waals surface area contributed by atoms with E-state index >= 15 is 0 Å². The summed E-state index contributed by atoms with van der Waals surface area (Å²) < 4.78 is 19.0. The van der Waals surface area contributed by atoms with Crippen LogP contribution in [0.15, 0.2) is 36.4 Å². The van der Waals surface area contributed by atoms with Gasteiger partial charge in [0.2, 0.25) is 17.6 Å². The van der Waals surface area contributed by atoms with E-state index in [1.54, 1.807) is 0 Å². The molecule has 0 spiro atoms. The van der Waals surface area contributed by atoms with Crippen LogP contribution in [0.3, 0.4) is 0 Å². The van der Waals surface area contributed by atoms with Crippen LogP contribution in [0.1, 0.15) is 12.0 Å². The summed E-state index contributed by atoms with van der Waals surface area (Å²) in [6, 6.07) is 9.06. The highest BCUT2D eigenvalue weighted by Crippen LogP contribution is 2.31. The van der Waals surface area contributed by atoms with Crippen molar-refractivity contribution in [2.24, 2.45) is 5.92 Å². The summed E-state index contributed by atoms with van der Waals surface area (Å²) >= 11 is 0. The van der Waals surface area contributed by atoms with Gasteiger partial charge in [0.1, 0.15) is 0 Å². The van der Waals surface area contributed by atoms with Crippen LogP contribution in [0.2, 0.25) is 0 Å². The third kappa shape index (κ3) is 4.40. The maximum Gasteiger partial charge on any atom is 0.306 e. The van der Waals surface area contributed by atoms with Gasteiger partial charge < -0.3 is 19.9 Å². The van der Waals surface area contributed by atoms with Gasteiger partial charge in [0, 0.05) is 43.5 Å². The van der Waals surface area contributed by atoms with E-state index in [2.05, 4.69) is 10.2 Å². The van der Waals surface area contributed by atoms with Crippen molar-refractivity contribution in [1.29, 1.82) is 0 Å². The zero-order chi connectivity index (χ0) is 22.8. The Kier molecular flexibility index (Phi) is 6.04. The maximum atomic E-state index is 13.6. The summed E-state index contributed by atoms with van der Waals surface area (Å²) in [5, 5.41) is 13.9. The first-order valence-electron chi connectivity index (χ1n) is 10.3. The molecule has 168 valence electrons. The van der Waals surface area contributed by atoms with Crippen molar-refractivity contribution < 1.29 is 23.6 Å². The smallest absolute Gasteiger partial charge is 0.306 e. The predicted octanol–water partition coefficient (Wildman–Crippen LogP) is 2.87. The Hall–Kier alpha value is -3.53. The zero-order valence-electron chi connectivity index (χ0n) is 17.5. The molecule has 2 amide bonds. The fraction of sp³-hybridized carbons (Fsp3) is 0.364. The molecular formula is C22H23FN4O5. The van der Waals surface area contributed by atoms with Crippen molar-refractivity contribution in [2.75, 3.05) is 48.0 Å². The number of halogens is 1. The monoisotopic (exact) mass is 442 g/mol. The number of nitrogens with zero attached hydrogens (tertiary/aromatic N) is 3. The molecule has 0 radical (unpaired) electrons. The van der Waals surface area contributed by atoms with Crippen molar-refractivity contribution in [2.45, 2.75) is 13.3 Å². The lowest BCUT2D eigenvalue weighted by molar-refractivity contribution is -0.387. The van der Waals surface area contributed by atoms with Crippen molar-refractivity contribution in [1.82, 2.24) is 0 Å². The number of nitro groups is 1. The number of morpholine rings is 1. The highest BCUT2D eigenvalue weighted by molar-refractivity contribution is 6.03. The summed E-state index contributed by atoms with van der Waals surface area (Å²) in [5.74, 6) is -2.24. The number of hydrogen-bond donors (Lipinski definition) is 1. The van der Waals surface area contributed by atoms with Gasteiger partial charge in [-0.25, -0.2) is 0 Å². The molecule has 10 heteroatoms. The number of nitrogens with one attached hydrogen (secondary N) is 1. The number of nitro benzene ring substituents is 1. The average Bonchev–Trinajstić information content (AvgIpc) is 3.17. The zero-order valence-corrected chi connectivity index (χ0v) is 17.5. The highest BCUT2D eigenvalue weighted by atomic mass is 19.1. The van der Waals surface area contributed by atoms with Gasteiger partial charge in [0.15, 0.2) is 0 Å². The van der Waals surface area contributed by atoms with Crippen molar-refractivity contribution in [3.63, 3.8) is 0 Å². The second kappa shape index (κ2) is 8.91. The number of benzene rings is 2. The Bertz CT molecular complexity index is 1070. The molecule has 0 bridgehead atoms. The van der Waals surface area contributed by atoms with Gasteiger partial charge in [-0.05, 0) is 42.8 Å². The van der Waals surface area contributed by atoms with E-state index in [1.165, 1.54) is 11.0 Å². The number of rotatable bonds is 5. The van der Waals surface area contributed by atoms with E-state index in [0.29, 0.717) is 18.9 Å². The molecule has 1 N–H and O–H groups in total. The predicted molar refractivity (Wildman–Crippen MR) is 116 cm³/mol. The van der Waals surface area contributed by atoms with Gasteiger partial charge in [-0.15, -0.1) is 0 Å². The first kappa shape index (κ1) is 21.7. The molecule has 2 heterocycles. The molecule has 2 aromatic rings. The summed E-state index contributed by atoms with van der Waals surface area (Å²) in [4.78, 5) is 38.9. The maximum absolute atomic E-state index is 13.6. The minimum atomic E-state index is -0.976. The van der Waals surface area contributed by atoms with Gasteiger partial charge >= 0.3 is 5.69 Å². The van der Waals surface area contributed by atoms with E-state index in [4.69, 9.17) is 4.74 Å². The Labute approximate surface area is 183 Å². The van der Waals surface area contributed by atoms with Gasteiger partial charge in [0.05, 0.1) is 29.7 Å². The summed E-state index contributed by atoms with van der Waals surface area (Å²) in [6.07, 6.45) is -0.0259. The molecule has 2 aliphatic rings. The largest absolute Gasteiger partial charge is 0.378 e. The van der Waals surface area contributed by atoms with Crippen LogP contribution in [0, 0.1) is 28.8 Å². The van der Waals surface area contributed by atoms with Crippen molar-refractivity contribution >= 4 is 34.6 Å². The molecule has 2 fully saturated rings. The lowest BCUT2D eigenvalue weighted by Crippen LogP contribution is -2.36. The van der Waals surface area contributed by atoms with Crippen LogP contribution in [0.4, 0.5) is 27.1 Å². The molecular weight excluding hydrogens is 419 g/mol. The van der Waals surface area contributed by atoms with E-state index in [-0.39, 0.29) is 30.5 Å². The Morgan fingerprint density at radius 2 is 1.91 bits per heavy atom. The first-order chi connectivity index (χ1) is 15.3. The van der Waals surface area contributed by atoms with Crippen LogP contribution < -0.4 is 15.1 Å². The van der Waals surface area contributed by atoms with Crippen LogP contribution in [-0.2, 0) is 14.3 Å². The average molecular weight is 442 g/mol. The van der Waals surface area contributed by atoms with E-state index in [1.807, 2.05) is 25.1 Å². The number of carbonyl (C=O) groups is 2. The number of ether oxygens (including phenoxy) is 1. The number of hydrogen-bond acceptors (Lipinski definition) is 6. The number of anilines is 3. The van der Waals surface area contributed by atoms with E-state index in [9.17, 15) is 24.1 Å². The highest BCUT2D eigenvalue weighted by Gasteiger charge is 2.36. The second-order valence-corrected chi connectivity index (χ2v) is 7.89. The van der Waals surface area contributed by atoms with Gasteiger partial charge in [-0.3, -0.25) is 19.7 Å². The van der Waals surface area contributed by atoms with Gasteiger partial charge in [-0.1, -0.05) is 0 Å². The van der Waals surface area contributed by atoms with Crippen LogP contribution in [0.5, 0.6) is 0 Å². The fourth-order valence-corrected chi connectivity index (χ4v) is 3.98. The van der Waals surface area contributed by atoms with Crippen LogP contribution in [0.25, 0.3) is 0 Å². The van der Waals surface area contributed by atoms with Crippen LogP contribution >= 0.6 is 0 Å². The van der Waals surface area contributed by atoms with E-state index in [0.717, 1.165) is 36.5 Å². The lowest BCUT2D eigenvalue weighted by atomic mass is 10.1. The number of amides is 2. The molecule has 0 aliphatic carbocycles. The summed E-state index contributed by atoms with van der Waals surface area (Å²) in [7, 11) is 0. The SMILES string of the molecule is Cc1cc(N2CCOCC2)ccc1NC(=O)C1CC(=O)N(c2ccc(F)c([N+](=O)[O-])c2)C1. The molecule has 0 saturated carbocycles. The van der Waals surface area contributed by atoms with Gasteiger partial charge in [-0.2, -0.15) is 4.39 Å². The summed E-state index contributed by atoms with van der Waals surface area (Å²) in [5.41, 5.74) is 2.11. The molecule has 2 aromatic carbocycles. The third-order valence-electron chi connectivity index (χ3n) is 5.78. The third-order valence-corrected chi connectivity index (χ3v) is 5.78. The number of carbonyl (C=O) groups excluding carboxylic acids is 2. The topological polar surface area (TPSA) is 105 Å². The molecule has 9 nitrogen and oxygen atoms in total. The standard InChI is InChI=1S/C22H23FN4O5/c1-14-10-16(25-6-8-32-9-7-25)3-5-19(14)24-22(29)15-11-21(28)26(13-15)17-2-4-18(23)20(12-17)27(30)31/h2-5,10,12,15H,6-9,11,13H2,1H3,(H,24,29). The Morgan fingerprint density at radius 1 is 1.19 bits per heavy atom. The molecule has 32 heavy (non-hydrogen) atoms. The normalized spacial score (nSPS) is 18.7. The summed E-state index contributed by atoms with van der Waals surface area (Å²) in [6.45, 7) is 4.96.